The van der Waals surface area contributed by atoms with Crippen molar-refractivity contribution >= 4 is 0 Å². The summed E-state index contributed by atoms with van der Waals surface area (Å²) in [6, 6.07) is 0. The van der Waals surface area contributed by atoms with E-state index in [2.05, 4.69) is 30.6 Å². The highest BCUT2D eigenvalue weighted by Crippen LogP contribution is 2.28. The lowest BCUT2D eigenvalue weighted by Gasteiger charge is -2.35. The molecule has 0 bridgehead atoms. The van der Waals surface area contributed by atoms with Crippen LogP contribution in [0.1, 0.15) is 65.7 Å². The van der Waals surface area contributed by atoms with Crippen LogP contribution in [0.3, 0.4) is 0 Å². The Hall–Kier alpha value is -0.120. The molecule has 0 heterocycles. The highest BCUT2D eigenvalue weighted by atomic mass is 15.1. The number of nitrogens with zero attached hydrogens (tertiary/aromatic N) is 2. The highest BCUT2D eigenvalue weighted by molar-refractivity contribution is 4.87. The van der Waals surface area contributed by atoms with Gasteiger partial charge in [0.2, 0.25) is 0 Å². The van der Waals surface area contributed by atoms with E-state index in [1.807, 2.05) is 0 Å². The molecule has 0 radical (unpaired) electrons. The van der Waals surface area contributed by atoms with Crippen LogP contribution in [0.25, 0.3) is 0 Å². The molecule has 0 unspecified atom stereocenters. The first-order valence-electron chi connectivity index (χ1n) is 8.87. The zero-order valence-corrected chi connectivity index (χ0v) is 14.2. The molecule has 3 nitrogen and oxygen atoms in total. The van der Waals surface area contributed by atoms with Gasteiger partial charge in [-0.25, -0.2) is 0 Å². The highest BCUT2D eigenvalue weighted by Gasteiger charge is 2.27. The molecule has 3 heteroatoms. The fraction of sp³-hybridized carbons (Fsp3) is 1.00. The monoisotopic (exact) mass is 283 g/mol. The fourth-order valence-electron chi connectivity index (χ4n) is 3.37. The molecule has 0 aromatic rings. The summed E-state index contributed by atoms with van der Waals surface area (Å²) >= 11 is 0. The van der Waals surface area contributed by atoms with Crippen molar-refractivity contribution in [1.82, 2.24) is 9.80 Å². The van der Waals surface area contributed by atoms with Gasteiger partial charge in [0.25, 0.3) is 0 Å². The van der Waals surface area contributed by atoms with Crippen LogP contribution in [-0.2, 0) is 0 Å². The van der Waals surface area contributed by atoms with E-state index in [1.54, 1.807) is 0 Å². The predicted molar refractivity (Wildman–Crippen MR) is 89.1 cm³/mol. The zero-order valence-electron chi connectivity index (χ0n) is 14.2. The van der Waals surface area contributed by atoms with E-state index >= 15 is 0 Å². The Balaban J connectivity index is 2.21. The molecule has 1 fully saturated rings. The average molecular weight is 284 g/mol. The van der Waals surface area contributed by atoms with Gasteiger partial charge >= 0.3 is 0 Å². The van der Waals surface area contributed by atoms with Crippen molar-refractivity contribution in [3.05, 3.63) is 0 Å². The number of rotatable bonds is 10. The van der Waals surface area contributed by atoms with Crippen LogP contribution in [-0.4, -0.2) is 54.6 Å². The van der Waals surface area contributed by atoms with Gasteiger partial charge in [0.1, 0.15) is 0 Å². The third-order valence-corrected chi connectivity index (χ3v) is 5.07. The van der Waals surface area contributed by atoms with Crippen LogP contribution in [0.5, 0.6) is 0 Å². The molecule has 0 aliphatic heterocycles. The fourth-order valence-corrected chi connectivity index (χ4v) is 3.37. The third-order valence-electron chi connectivity index (χ3n) is 5.07. The van der Waals surface area contributed by atoms with E-state index in [4.69, 9.17) is 5.73 Å². The Labute approximate surface area is 126 Å². The molecule has 1 aliphatic rings. The van der Waals surface area contributed by atoms with Gasteiger partial charge in [-0.2, -0.15) is 0 Å². The summed E-state index contributed by atoms with van der Waals surface area (Å²) in [6.45, 7) is 13.9. The van der Waals surface area contributed by atoms with E-state index in [-0.39, 0.29) is 5.54 Å². The third kappa shape index (κ3) is 6.55. The van der Waals surface area contributed by atoms with E-state index in [1.165, 1.54) is 77.7 Å². The molecule has 120 valence electrons. The van der Waals surface area contributed by atoms with Crippen molar-refractivity contribution in [3.63, 3.8) is 0 Å². The van der Waals surface area contributed by atoms with Crippen LogP contribution < -0.4 is 5.73 Å². The lowest BCUT2D eigenvalue weighted by Crippen LogP contribution is -2.44. The van der Waals surface area contributed by atoms with Crippen molar-refractivity contribution in [1.29, 1.82) is 0 Å². The minimum Gasteiger partial charge on any atom is -0.325 e. The first-order chi connectivity index (χ1) is 9.63. The largest absolute Gasteiger partial charge is 0.325 e. The molecular formula is C17H37N3. The van der Waals surface area contributed by atoms with Gasteiger partial charge in [0.15, 0.2) is 0 Å². The molecule has 1 aliphatic carbocycles. The Morgan fingerprint density at radius 1 is 0.800 bits per heavy atom. The summed E-state index contributed by atoms with van der Waals surface area (Å²) in [5.41, 5.74) is 6.69. The first-order valence-corrected chi connectivity index (χ1v) is 8.87. The van der Waals surface area contributed by atoms with E-state index in [0.717, 1.165) is 6.54 Å². The molecule has 0 atom stereocenters. The van der Waals surface area contributed by atoms with Gasteiger partial charge in [-0.15, -0.1) is 0 Å². The summed E-state index contributed by atoms with van der Waals surface area (Å²) in [7, 11) is 0. The first kappa shape index (κ1) is 17.9. The molecule has 0 spiro atoms. The standard InChI is InChI=1S/C17H37N3/c1-4-19(5-2)14-10-15-20(6-3)16-13-17(18)11-8-7-9-12-17/h4-16,18H2,1-3H3. The molecular weight excluding hydrogens is 246 g/mol. The van der Waals surface area contributed by atoms with E-state index in [0.29, 0.717) is 0 Å². The molecule has 20 heavy (non-hydrogen) atoms. The van der Waals surface area contributed by atoms with Gasteiger partial charge in [-0.05, 0) is 65.0 Å². The SMILES string of the molecule is CCN(CC)CCCN(CC)CCC1(N)CCCCC1. The van der Waals surface area contributed by atoms with Crippen molar-refractivity contribution in [2.24, 2.45) is 5.73 Å². The van der Waals surface area contributed by atoms with Crippen LogP contribution >= 0.6 is 0 Å². The van der Waals surface area contributed by atoms with Gasteiger partial charge in [-0.3, -0.25) is 0 Å². The molecule has 1 rings (SSSR count). The second-order valence-electron chi connectivity index (χ2n) is 6.49. The summed E-state index contributed by atoms with van der Waals surface area (Å²) in [5, 5.41) is 0. The van der Waals surface area contributed by atoms with Crippen molar-refractivity contribution in [2.75, 3.05) is 39.3 Å². The normalized spacial score (nSPS) is 18.9. The zero-order chi connectivity index (χ0) is 14.8. The van der Waals surface area contributed by atoms with Gasteiger partial charge < -0.3 is 15.5 Å². The van der Waals surface area contributed by atoms with Crippen LogP contribution in [0.2, 0.25) is 0 Å². The van der Waals surface area contributed by atoms with Crippen LogP contribution in [0.4, 0.5) is 0 Å². The van der Waals surface area contributed by atoms with Crippen molar-refractivity contribution in [2.45, 2.75) is 71.3 Å². The Bertz CT molecular complexity index is 232. The summed E-state index contributed by atoms with van der Waals surface area (Å²) in [4.78, 5) is 5.10. The topological polar surface area (TPSA) is 32.5 Å². The quantitative estimate of drug-likeness (QED) is 0.669. The Kier molecular flexibility index (Phi) is 8.74. The van der Waals surface area contributed by atoms with E-state index in [9.17, 15) is 0 Å². The maximum atomic E-state index is 6.55. The van der Waals surface area contributed by atoms with E-state index < -0.39 is 0 Å². The second-order valence-corrected chi connectivity index (χ2v) is 6.49. The van der Waals surface area contributed by atoms with Crippen molar-refractivity contribution < 1.29 is 0 Å². The second kappa shape index (κ2) is 9.75. The van der Waals surface area contributed by atoms with Gasteiger partial charge in [0.05, 0.1) is 0 Å². The van der Waals surface area contributed by atoms with Crippen LogP contribution in [0.15, 0.2) is 0 Å². The lowest BCUT2D eigenvalue weighted by atomic mass is 9.80. The summed E-state index contributed by atoms with van der Waals surface area (Å²) < 4.78 is 0. The molecule has 0 aromatic carbocycles. The number of hydrogen-bond donors (Lipinski definition) is 1. The van der Waals surface area contributed by atoms with Crippen molar-refractivity contribution in [3.8, 4) is 0 Å². The Morgan fingerprint density at radius 2 is 1.35 bits per heavy atom. The minimum absolute atomic E-state index is 0.143. The molecule has 1 saturated carbocycles. The van der Waals surface area contributed by atoms with Gasteiger partial charge in [0, 0.05) is 5.54 Å². The number of nitrogens with two attached hydrogens (primary N) is 1. The molecule has 0 amide bonds. The molecule has 2 N–H and O–H groups in total. The maximum absolute atomic E-state index is 6.55. The smallest absolute Gasteiger partial charge is 0.0166 e. The Morgan fingerprint density at radius 3 is 1.90 bits per heavy atom. The van der Waals surface area contributed by atoms with Crippen LogP contribution in [0, 0.1) is 0 Å². The average Bonchev–Trinajstić information content (AvgIpc) is 2.47. The minimum atomic E-state index is 0.143. The van der Waals surface area contributed by atoms with Gasteiger partial charge in [-0.1, -0.05) is 40.0 Å². The lowest BCUT2D eigenvalue weighted by molar-refractivity contribution is 0.201. The predicted octanol–water partition coefficient (Wildman–Crippen LogP) is 3.09. The molecule has 0 saturated heterocycles. The maximum Gasteiger partial charge on any atom is 0.0166 e. The summed E-state index contributed by atoms with van der Waals surface area (Å²) in [6.07, 6.45) is 9.02. The number of hydrogen-bond acceptors (Lipinski definition) is 3. The summed E-state index contributed by atoms with van der Waals surface area (Å²) in [5.74, 6) is 0. The molecule has 0 aromatic heterocycles.